The lowest BCUT2D eigenvalue weighted by atomic mass is 9.99. The molecule has 10 heavy (non-hydrogen) atoms. The Hall–Kier alpha value is -1.12. The summed E-state index contributed by atoms with van der Waals surface area (Å²) in [7, 11) is 1.83. The summed E-state index contributed by atoms with van der Waals surface area (Å²) in [4.78, 5) is 14.9. The summed E-state index contributed by atoms with van der Waals surface area (Å²) in [5.41, 5.74) is 0.560. The zero-order valence-electron chi connectivity index (χ0n) is 5.87. The lowest BCUT2D eigenvalue weighted by Gasteiger charge is -1.92. The number of carbonyl (C=O) groups excluding carboxylic acids is 1. The number of rotatable bonds is 2. The molecule has 0 aliphatic heterocycles. The van der Waals surface area contributed by atoms with Crippen LogP contribution in [0.4, 0.5) is 0 Å². The SMILES string of the molecule is BCC(=O)c1ccccn1. The average Bonchev–Trinajstić information content (AvgIpc) is 2.05. The van der Waals surface area contributed by atoms with Crippen molar-refractivity contribution in [2.45, 2.75) is 6.32 Å². The average molecular weight is 133 g/mol. The maximum Gasteiger partial charge on any atom is 0.173 e. The number of carbonyl (C=O) groups is 1. The Morgan fingerprint density at radius 3 is 2.90 bits per heavy atom. The van der Waals surface area contributed by atoms with E-state index in [1.54, 1.807) is 18.3 Å². The van der Waals surface area contributed by atoms with Crippen LogP contribution >= 0.6 is 0 Å². The second-order valence-corrected chi connectivity index (χ2v) is 1.99. The molecule has 0 atom stereocenters. The molecule has 50 valence electrons. The van der Waals surface area contributed by atoms with Gasteiger partial charge in [-0.1, -0.05) is 6.07 Å². The van der Waals surface area contributed by atoms with Crippen LogP contribution in [0.3, 0.4) is 0 Å². The molecule has 0 fully saturated rings. The van der Waals surface area contributed by atoms with Gasteiger partial charge in [-0.25, -0.2) is 0 Å². The minimum Gasteiger partial charge on any atom is -0.293 e. The Morgan fingerprint density at radius 2 is 2.40 bits per heavy atom. The number of hydrogen-bond donors (Lipinski definition) is 0. The summed E-state index contributed by atoms with van der Waals surface area (Å²) in [6.45, 7) is 0. The third-order valence-corrected chi connectivity index (χ3v) is 1.27. The molecule has 3 heteroatoms. The van der Waals surface area contributed by atoms with Gasteiger partial charge in [-0.05, 0) is 18.5 Å². The molecule has 0 saturated heterocycles. The molecule has 0 N–H and O–H groups in total. The number of nitrogens with zero attached hydrogens (tertiary/aromatic N) is 1. The first-order valence-electron chi connectivity index (χ1n) is 3.29. The molecule has 1 aromatic rings. The number of pyridine rings is 1. The molecule has 0 bridgehead atoms. The van der Waals surface area contributed by atoms with Crippen molar-refractivity contribution < 1.29 is 4.79 Å². The van der Waals surface area contributed by atoms with Crippen molar-refractivity contribution in [2.24, 2.45) is 0 Å². The van der Waals surface area contributed by atoms with Crippen LogP contribution in [-0.4, -0.2) is 18.6 Å². The van der Waals surface area contributed by atoms with E-state index in [0.29, 0.717) is 12.0 Å². The summed E-state index contributed by atoms with van der Waals surface area (Å²) in [6, 6.07) is 5.34. The van der Waals surface area contributed by atoms with E-state index in [4.69, 9.17) is 0 Å². The van der Waals surface area contributed by atoms with Crippen LogP contribution in [0.15, 0.2) is 24.4 Å². The molecule has 2 nitrogen and oxygen atoms in total. The Balaban J connectivity index is 2.85. The molecule has 0 radical (unpaired) electrons. The van der Waals surface area contributed by atoms with Gasteiger partial charge in [0.15, 0.2) is 5.78 Å². The first-order chi connectivity index (χ1) is 4.84. The fourth-order valence-electron chi connectivity index (χ4n) is 0.709. The lowest BCUT2D eigenvalue weighted by molar-refractivity contribution is 0.101. The van der Waals surface area contributed by atoms with Crippen LogP contribution in [0, 0.1) is 0 Å². The van der Waals surface area contributed by atoms with Crippen molar-refractivity contribution in [2.75, 3.05) is 0 Å². The van der Waals surface area contributed by atoms with Crippen molar-refractivity contribution >= 4 is 13.6 Å². The Morgan fingerprint density at radius 1 is 1.60 bits per heavy atom. The third-order valence-electron chi connectivity index (χ3n) is 1.27. The molecule has 0 amide bonds. The zero-order valence-corrected chi connectivity index (χ0v) is 5.87. The zero-order chi connectivity index (χ0) is 7.40. The molecule has 0 unspecified atom stereocenters. The van der Waals surface area contributed by atoms with Gasteiger partial charge < -0.3 is 0 Å². The largest absolute Gasteiger partial charge is 0.293 e. The lowest BCUT2D eigenvalue weighted by Crippen LogP contribution is -1.99. The standard InChI is InChI=1S/C7H8BNO/c8-5-7(10)6-3-1-2-4-9-6/h1-4H,5,8H2. The van der Waals surface area contributed by atoms with E-state index in [1.807, 2.05) is 13.9 Å². The molecule has 0 aromatic carbocycles. The molecule has 0 spiro atoms. The van der Waals surface area contributed by atoms with Gasteiger partial charge >= 0.3 is 0 Å². The van der Waals surface area contributed by atoms with E-state index < -0.39 is 0 Å². The van der Waals surface area contributed by atoms with E-state index >= 15 is 0 Å². The predicted molar refractivity (Wildman–Crippen MR) is 41.9 cm³/mol. The molecule has 0 aliphatic carbocycles. The van der Waals surface area contributed by atoms with Crippen molar-refractivity contribution in [3.05, 3.63) is 30.1 Å². The second kappa shape index (κ2) is 3.15. The quantitative estimate of drug-likeness (QED) is 0.429. The normalized spacial score (nSPS) is 9.20. The highest BCUT2D eigenvalue weighted by Crippen LogP contribution is 1.96. The molecular formula is C7H8BNO. The fourth-order valence-corrected chi connectivity index (χ4v) is 0.709. The Labute approximate surface area is 60.7 Å². The third kappa shape index (κ3) is 1.44. The number of aromatic nitrogens is 1. The smallest absolute Gasteiger partial charge is 0.173 e. The Bertz CT molecular complexity index is 222. The minimum absolute atomic E-state index is 0.0978. The Kier molecular flexibility index (Phi) is 2.21. The van der Waals surface area contributed by atoms with Crippen molar-refractivity contribution in [1.82, 2.24) is 4.98 Å². The van der Waals surface area contributed by atoms with Crippen LogP contribution in [0.1, 0.15) is 10.5 Å². The number of ketones is 1. The van der Waals surface area contributed by atoms with Crippen LogP contribution in [-0.2, 0) is 0 Å². The molecule has 1 aromatic heterocycles. The summed E-state index contributed by atoms with van der Waals surface area (Å²) in [6.07, 6.45) is 2.15. The van der Waals surface area contributed by atoms with Crippen molar-refractivity contribution in [3.63, 3.8) is 0 Å². The summed E-state index contributed by atoms with van der Waals surface area (Å²) in [5, 5.41) is 0. The maximum absolute atomic E-state index is 11.0. The maximum atomic E-state index is 11.0. The topological polar surface area (TPSA) is 30.0 Å². The number of hydrogen-bond acceptors (Lipinski definition) is 2. The van der Waals surface area contributed by atoms with Gasteiger partial charge in [0, 0.05) is 6.20 Å². The highest BCUT2D eigenvalue weighted by molar-refractivity contribution is 6.23. The fraction of sp³-hybridized carbons (Fsp3) is 0.143. The van der Waals surface area contributed by atoms with E-state index in [2.05, 4.69) is 4.98 Å². The van der Waals surface area contributed by atoms with E-state index in [0.717, 1.165) is 0 Å². The van der Waals surface area contributed by atoms with Crippen molar-refractivity contribution in [1.29, 1.82) is 0 Å². The van der Waals surface area contributed by atoms with Gasteiger partial charge in [-0.3, -0.25) is 9.78 Å². The van der Waals surface area contributed by atoms with Gasteiger partial charge in [0.1, 0.15) is 13.5 Å². The van der Waals surface area contributed by atoms with Crippen LogP contribution in [0.5, 0.6) is 0 Å². The summed E-state index contributed by atoms with van der Waals surface area (Å²) < 4.78 is 0. The van der Waals surface area contributed by atoms with E-state index in [-0.39, 0.29) is 5.78 Å². The number of Topliss-reactive ketones (excluding diaryl/α,β-unsaturated/α-hetero) is 1. The van der Waals surface area contributed by atoms with Gasteiger partial charge in [-0.2, -0.15) is 0 Å². The van der Waals surface area contributed by atoms with E-state index in [9.17, 15) is 4.79 Å². The molecule has 1 rings (SSSR count). The van der Waals surface area contributed by atoms with Crippen LogP contribution < -0.4 is 0 Å². The van der Waals surface area contributed by atoms with E-state index in [1.165, 1.54) is 0 Å². The van der Waals surface area contributed by atoms with Gasteiger partial charge in [-0.15, -0.1) is 0 Å². The van der Waals surface area contributed by atoms with Crippen LogP contribution in [0.2, 0.25) is 6.32 Å². The summed E-state index contributed by atoms with van der Waals surface area (Å²) >= 11 is 0. The monoisotopic (exact) mass is 133 g/mol. The van der Waals surface area contributed by atoms with Crippen LogP contribution in [0.25, 0.3) is 0 Å². The highest BCUT2D eigenvalue weighted by Gasteiger charge is 2.00. The molecule has 0 aliphatic rings. The second-order valence-electron chi connectivity index (χ2n) is 1.99. The van der Waals surface area contributed by atoms with Gasteiger partial charge in [0.05, 0.1) is 0 Å². The first kappa shape index (κ1) is 7.00. The molecule has 1 heterocycles. The molecular weight excluding hydrogens is 125 g/mol. The van der Waals surface area contributed by atoms with Crippen molar-refractivity contribution in [3.8, 4) is 0 Å². The summed E-state index contributed by atoms with van der Waals surface area (Å²) in [5.74, 6) is 0.0978. The minimum atomic E-state index is 0.0978. The highest BCUT2D eigenvalue weighted by atomic mass is 16.1. The van der Waals surface area contributed by atoms with Gasteiger partial charge in [0.2, 0.25) is 0 Å². The molecule has 0 saturated carbocycles. The first-order valence-corrected chi connectivity index (χ1v) is 3.29. The predicted octanol–water partition coefficient (Wildman–Crippen LogP) is 0.316. The van der Waals surface area contributed by atoms with Gasteiger partial charge in [0.25, 0.3) is 0 Å².